The number of aryl methyl sites for hydroxylation is 2. The van der Waals surface area contributed by atoms with Crippen molar-refractivity contribution in [3.63, 3.8) is 0 Å². The summed E-state index contributed by atoms with van der Waals surface area (Å²) >= 11 is 0. The number of aromatic amines is 1. The average Bonchev–Trinajstić information content (AvgIpc) is 2.79. The Hall–Kier alpha value is -2.30. The van der Waals surface area contributed by atoms with Gasteiger partial charge in [-0.3, -0.25) is 9.89 Å². The number of ether oxygens (including phenoxy) is 1. The fourth-order valence-corrected chi connectivity index (χ4v) is 1.78. The van der Waals surface area contributed by atoms with Crippen molar-refractivity contribution in [2.75, 3.05) is 11.9 Å². The summed E-state index contributed by atoms with van der Waals surface area (Å²) in [4.78, 5) is 12.1. The van der Waals surface area contributed by atoms with E-state index < -0.39 is 0 Å². The Balaban J connectivity index is 2.23. The standard InChI is InChI=1S/C14H17N3O2/c1-4-19-13-7-9(2)5-6-12(13)16-14(18)11-8-15-17-10(11)3/h5-8H,4H2,1-3H3,(H,15,17)(H,16,18). The van der Waals surface area contributed by atoms with Crippen LogP contribution in [0.5, 0.6) is 5.75 Å². The van der Waals surface area contributed by atoms with Crippen molar-refractivity contribution in [1.82, 2.24) is 10.2 Å². The van der Waals surface area contributed by atoms with Gasteiger partial charge in [-0.15, -0.1) is 0 Å². The van der Waals surface area contributed by atoms with Gasteiger partial charge in [0.2, 0.25) is 0 Å². The van der Waals surface area contributed by atoms with Gasteiger partial charge in [-0.05, 0) is 38.5 Å². The Morgan fingerprint density at radius 3 is 2.84 bits per heavy atom. The minimum absolute atomic E-state index is 0.198. The molecule has 0 saturated carbocycles. The second kappa shape index (κ2) is 5.56. The summed E-state index contributed by atoms with van der Waals surface area (Å²) in [5.74, 6) is 0.480. The first-order valence-electron chi connectivity index (χ1n) is 6.16. The van der Waals surface area contributed by atoms with Crippen LogP contribution in [0, 0.1) is 13.8 Å². The number of rotatable bonds is 4. The van der Waals surface area contributed by atoms with E-state index in [1.807, 2.05) is 32.0 Å². The number of carbonyl (C=O) groups excluding carboxylic acids is 1. The highest BCUT2D eigenvalue weighted by Crippen LogP contribution is 2.26. The zero-order valence-corrected chi connectivity index (χ0v) is 11.3. The first-order valence-corrected chi connectivity index (χ1v) is 6.16. The number of nitrogens with one attached hydrogen (secondary N) is 2. The monoisotopic (exact) mass is 259 g/mol. The molecule has 0 bridgehead atoms. The van der Waals surface area contributed by atoms with Crippen LogP contribution in [-0.4, -0.2) is 22.7 Å². The first kappa shape index (κ1) is 13.1. The van der Waals surface area contributed by atoms with Gasteiger partial charge in [0.05, 0.1) is 24.1 Å². The van der Waals surface area contributed by atoms with Gasteiger partial charge in [-0.1, -0.05) is 6.07 Å². The Labute approximate surface area is 112 Å². The third kappa shape index (κ3) is 2.93. The maximum absolute atomic E-state index is 12.1. The SMILES string of the molecule is CCOc1cc(C)ccc1NC(=O)c1cn[nH]c1C. The quantitative estimate of drug-likeness (QED) is 0.887. The molecule has 0 spiro atoms. The minimum Gasteiger partial charge on any atom is -0.492 e. The summed E-state index contributed by atoms with van der Waals surface area (Å²) in [6.07, 6.45) is 1.51. The summed E-state index contributed by atoms with van der Waals surface area (Å²) < 4.78 is 5.53. The van der Waals surface area contributed by atoms with Crippen LogP contribution in [0.4, 0.5) is 5.69 Å². The molecule has 0 saturated heterocycles. The number of benzene rings is 1. The molecule has 0 atom stereocenters. The van der Waals surface area contributed by atoms with Crippen molar-refractivity contribution in [1.29, 1.82) is 0 Å². The molecule has 5 heteroatoms. The Kier molecular flexibility index (Phi) is 3.85. The van der Waals surface area contributed by atoms with Crippen LogP contribution < -0.4 is 10.1 Å². The molecule has 1 amide bonds. The molecule has 0 aliphatic rings. The topological polar surface area (TPSA) is 67.0 Å². The van der Waals surface area contributed by atoms with E-state index in [2.05, 4.69) is 15.5 Å². The van der Waals surface area contributed by atoms with Crippen LogP contribution in [-0.2, 0) is 0 Å². The molecule has 100 valence electrons. The number of nitrogens with zero attached hydrogens (tertiary/aromatic N) is 1. The lowest BCUT2D eigenvalue weighted by Crippen LogP contribution is -2.13. The van der Waals surface area contributed by atoms with Crippen molar-refractivity contribution in [3.8, 4) is 5.75 Å². The molecule has 0 fully saturated rings. The van der Waals surface area contributed by atoms with Gasteiger partial charge >= 0.3 is 0 Å². The second-order valence-corrected chi connectivity index (χ2v) is 4.30. The highest BCUT2D eigenvalue weighted by atomic mass is 16.5. The van der Waals surface area contributed by atoms with Gasteiger partial charge in [-0.25, -0.2) is 0 Å². The highest BCUT2D eigenvalue weighted by molar-refractivity contribution is 6.05. The molecule has 2 aromatic rings. The van der Waals surface area contributed by atoms with Crippen LogP contribution in [0.15, 0.2) is 24.4 Å². The van der Waals surface area contributed by atoms with Gasteiger partial charge in [0.1, 0.15) is 5.75 Å². The van der Waals surface area contributed by atoms with Gasteiger partial charge in [0, 0.05) is 5.69 Å². The lowest BCUT2D eigenvalue weighted by atomic mass is 10.2. The van der Waals surface area contributed by atoms with Crippen LogP contribution in [0.25, 0.3) is 0 Å². The van der Waals surface area contributed by atoms with Crippen molar-refractivity contribution in [2.45, 2.75) is 20.8 Å². The summed E-state index contributed by atoms with van der Waals surface area (Å²) in [5, 5.41) is 9.42. The fourth-order valence-electron chi connectivity index (χ4n) is 1.78. The Morgan fingerprint density at radius 2 is 2.21 bits per heavy atom. The highest BCUT2D eigenvalue weighted by Gasteiger charge is 2.13. The molecular weight excluding hydrogens is 242 g/mol. The van der Waals surface area contributed by atoms with Crippen LogP contribution in [0.3, 0.4) is 0 Å². The number of hydrogen-bond donors (Lipinski definition) is 2. The van der Waals surface area contributed by atoms with Gasteiger partial charge in [-0.2, -0.15) is 5.10 Å². The van der Waals surface area contributed by atoms with E-state index >= 15 is 0 Å². The average molecular weight is 259 g/mol. The molecule has 0 radical (unpaired) electrons. The fraction of sp³-hybridized carbons (Fsp3) is 0.286. The number of anilines is 1. The minimum atomic E-state index is -0.198. The molecule has 0 unspecified atom stereocenters. The van der Waals surface area contributed by atoms with E-state index in [9.17, 15) is 4.79 Å². The first-order chi connectivity index (χ1) is 9.11. The van der Waals surface area contributed by atoms with Crippen molar-refractivity contribution < 1.29 is 9.53 Å². The van der Waals surface area contributed by atoms with Gasteiger partial charge in [0.25, 0.3) is 5.91 Å². The lowest BCUT2D eigenvalue weighted by molar-refractivity contribution is 0.102. The van der Waals surface area contributed by atoms with E-state index in [0.717, 1.165) is 11.3 Å². The molecule has 1 heterocycles. The lowest BCUT2D eigenvalue weighted by Gasteiger charge is -2.12. The van der Waals surface area contributed by atoms with Crippen LogP contribution in [0.2, 0.25) is 0 Å². The maximum atomic E-state index is 12.1. The molecular formula is C14H17N3O2. The third-order valence-corrected chi connectivity index (χ3v) is 2.76. The zero-order chi connectivity index (χ0) is 13.8. The third-order valence-electron chi connectivity index (χ3n) is 2.76. The van der Waals surface area contributed by atoms with E-state index in [0.29, 0.717) is 23.6 Å². The summed E-state index contributed by atoms with van der Waals surface area (Å²) in [5.41, 5.74) is 3.02. The number of amides is 1. The van der Waals surface area contributed by atoms with Crippen molar-refractivity contribution >= 4 is 11.6 Å². The molecule has 0 aliphatic carbocycles. The summed E-state index contributed by atoms with van der Waals surface area (Å²) in [7, 11) is 0. The second-order valence-electron chi connectivity index (χ2n) is 4.30. The van der Waals surface area contributed by atoms with E-state index in [-0.39, 0.29) is 5.91 Å². The number of H-pyrrole nitrogens is 1. The van der Waals surface area contributed by atoms with Crippen LogP contribution >= 0.6 is 0 Å². The van der Waals surface area contributed by atoms with Crippen molar-refractivity contribution in [3.05, 3.63) is 41.2 Å². The molecule has 0 aliphatic heterocycles. The summed E-state index contributed by atoms with van der Waals surface area (Å²) in [6, 6.07) is 5.68. The largest absolute Gasteiger partial charge is 0.492 e. The zero-order valence-electron chi connectivity index (χ0n) is 11.3. The van der Waals surface area contributed by atoms with Crippen molar-refractivity contribution in [2.24, 2.45) is 0 Å². The molecule has 1 aromatic carbocycles. The summed E-state index contributed by atoms with van der Waals surface area (Å²) in [6.45, 7) is 6.25. The van der Waals surface area contributed by atoms with E-state index in [4.69, 9.17) is 4.74 Å². The van der Waals surface area contributed by atoms with Gasteiger partial charge in [0.15, 0.2) is 0 Å². The number of aromatic nitrogens is 2. The molecule has 5 nitrogen and oxygen atoms in total. The normalized spacial score (nSPS) is 10.3. The molecule has 2 N–H and O–H groups in total. The maximum Gasteiger partial charge on any atom is 0.259 e. The molecule has 19 heavy (non-hydrogen) atoms. The molecule has 2 rings (SSSR count). The smallest absolute Gasteiger partial charge is 0.259 e. The predicted molar refractivity (Wildman–Crippen MR) is 73.6 cm³/mol. The van der Waals surface area contributed by atoms with E-state index in [1.54, 1.807) is 6.92 Å². The Morgan fingerprint density at radius 1 is 1.42 bits per heavy atom. The number of hydrogen-bond acceptors (Lipinski definition) is 3. The molecule has 1 aromatic heterocycles. The Bertz CT molecular complexity index is 590. The predicted octanol–water partition coefficient (Wildman–Crippen LogP) is 2.68. The van der Waals surface area contributed by atoms with Crippen LogP contribution in [0.1, 0.15) is 28.5 Å². The van der Waals surface area contributed by atoms with Gasteiger partial charge < -0.3 is 10.1 Å². The number of carbonyl (C=O) groups is 1. The van der Waals surface area contributed by atoms with E-state index in [1.165, 1.54) is 6.20 Å².